The molecular formula is C15H20ClNO3S. The van der Waals surface area contributed by atoms with Gasteiger partial charge in [0.25, 0.3) is 0 Å². The Morgan fingerprint density at radius 1 is 1.52 bits per heavy atom. The number of benzene rings is 1. The van der Waals surface area contributed by atoms with Gasteiger partial charge in [0.05, 0.1) is 6.10 Å². The van der Waals surface area contributed by atoms with E-state index in [4.69, 9.17) is 16.3 Å². The minimum absolute atomic E-state index is 0.0311. The SMILES string of the molecule is C[S@@](=O)Cc1cc(NC(=O)CC[C@H]2CCCO2)ccc1Cl. The molecule has 0 saturated carbocycles. The number of rotatable bonds is 6. The number of amides is 1. The highest BCUT2D eigenvalue weighted by Crippen LogP contribution is 2.22. The Morgan fingerprint density at radius 2 is 2.33 bits per heavy atom. The van der Waals surface area contributed by atoms with Crippen molar-refractivity contribution in [2.75, 3.05) is 18.2 Å². The molecule has 4 nitrogen and oxygen atoms in total. The largest absolute Gasteiger partial charge is 0.378 e. The predicted octanol–water partition coefficient (Wildman–Crippen LogP) is 3.12. The van der Waals surface area contributed by atoms with Gasteiger partial charge in [-0.3, -0.25) is 9.00 Å². The maximum absolute atomic E-state index is 11.9. The van der Waals surface area contributed by atoms with Crippen LogP contribution in [0.1, 0.15) is 31.2 Å². The van der Waals surface area contributed by atoms with E-state index in [0.29, 0.717) is 22.9 Å². The lowest BCUT2D eigenvalue weighted by atomic mass is 10.1. The van der Waals surface area contributed by atoms with Crippen molar-refractivity contribution in [3.8, 4) is 0 Å². The topological polar surface area (TPSA) is 55.4 Å². The van der Waals surface area contributed by atoms with Gasteiger partial charge < -0.3 is 10.1 Å². The number of halogens is 1. The van der Waals surface area contributed by atoms with Crippen molar-refractivity contribution in [2.24, 2.45) is 0 Å². The van der Waals surface area contributed by atoms with Gasteiger partial charge in [-0.25, -0.2) is 0 Å². The molecule has 1 amide bonds. The minimum atomic E-state index is -0.967. The summed E-state index contributed by atoms with van der Waals surface area (Å²) in [6.07, 6.45) is 5.18. The van der Waals surface area contributed by atoms with Crippen molar-refractivity contribution >= 4 is 34.0 Å². The van der Waals surface area contributed by atoms with Gasteiger partial charge in [-0.2, -0.15) is 0 Å². The van der Waals surface area contributed by atoms with Gasteiger partial charge in [0.15, 0.2) is 0 Å². The molecule has 1 N–H and O–H groups in total. The van der Waals surface area contributed by atoms with Crippen LogP contribution in [0.2, 0.25) is 5.02 Å². The Bertz CT molecular complexity index is 530. The molecule has 0 radical (unpaired) electrons. The zero-order valence-corrected chi connectivity index (χ0v) is 13.6. The highest BCUT2D eigenvalue weighted by molar-refractivity contribution is 7.83. The fourth-order valence-electron chi connectivity index (χ4n) is 2.37. The van der Waals surface area contributed by atoms with Gasteiger partial charge in [-0.15, -0.1) is 0 Å². The lowest BCUT2D eigenvalue weighted by Crippen LogP contribution is -2.15. The second-order valence-corrected chi connectivity index (χ2v) is 7.09. The molecule has 21 heavy (non-hydrogen) atoms. The van der Waals surface area contributed by atoms with Crippen LogP contribution in [0.4, 0.5) is 5.69 Å². The number of hydrogen-bond acceptors (Lipinski definition) is 3. The van der Waals surface area contributed by atoms with Crippen LogP contribution in [-0.4, -0.2) is 29.1 Å². The third-order valence-electron chi connectivity index (χ3n) is 3.41. The fraction of sp³-hybridized carbons (Fsp3) is 0.533. The molecule has 116 valence electrons. The van der Waals surface area contributed by atoms with Crippen molar-refractivity contribution in [3.63, 3.8) is 0 Å². The summed E-state index contributed by atoms with van der Waals surface area (Å²) < 4.78 is 16.8. The molecule has 1 aliphatic rings. The molecular weight excluding hydrogens is 310 g/mol. The average Bonchev–Trinajstić information content (AvgIpc) is 2.93. The number of nitrogens with one attached hydrogen (secondary N) is 1. The highest BCUT2D eigenvalue weighted by Gasteiger charge is 2.16. The summed E-state index contributed by atoms with van der Waals surface area (Å²) in [5.41, 5.74) is 1.48. The molecule has 0 aromatic heterocycles. The van der Waals surface area contributed by atoms with E-state index in [0.717, 1.165) is 31.4 Å². The van der Waals surface area contributed by atoms with Crippen molar-refractivity contribution in [3.05, 3.63) is 28.8 Å². The molecule has 2 rings (SSSR count). The molecule has 2 atom stereocenters. The average molecular weight is 330 g/mol. The van der Waals surface area contributed by atoms with E-state index in [2.05, 4.69) is 5.32 Å². The number of anilines is 1. The summed E-state index contributed by atoms with van der Waals surface area (Å²) in [5, 5.41) is 3.43. The van der Waals surface area contributed by atoms with Crippen molar-refractivity contribution in [2.45, 2.75) is 37.5 Å². The van der Waals surface area contributed by atoms with Gasteiger partial charge in [-0.05, 0) is 43.0 Å². The van der Waals surface area contributed by atoms with E-state index in [1.54, 1.807) is 24.5 Å². The lowest BCUT2D eigenvalue weighted by molar-refractivity contribution is -0.116. The first-order chi connectivity index (χ1) is 10.0. The molecule has 1 heterocycles. The number of carbonyl (C=O) groups excluding carboxylic acids is 1. The van der Waals surface area contributed by atoms with Crippen LogP contribution in [-0.2, 0) is 26.1 Å². The van der Waals surface area contributed by atoms with Gasteiger partial charge in [-0.1, -0.05) is 11.6 Å². The number of carbonyl (C=O) groups is 1. The van der Waals surface area contributed by atoms with Crippen LogP contribution in [0, 0.1) is 0 Å². The Labute approximate surface area is 132 Å². The molecule has 1 aromatic rings. The van der Waals surface area contributed by atoms with Gasteiger partial charge in [0, 0.05) is 46.5 Å². The van der Waals surface area contributed by atoms with Crippen molar-refractivity contribution in [1.82, 2.24) is 0 Å². The summed E-state index contributed by atoms with van der Waals surface area (Å²) in [4.78, 5) is 11.9. The van der Waals surface area contributed by atoms with Gasteiger partial charge >= 0.3 is 0 Å². The summed E-state index contributed by atoms with van der Waals surface area (Å²) >= 11 is 6.06. The summed E-state index contributed by atoms with van der Waals surface area (Å²) in [7, 11) is -0.967. The highest BCUT2D eigenvalue weighted by atomic mass is 35.5. The van der Waals surface area contributed by atoms with E-state index in [1.807, 2.05) is 0 Å². The molecule has 0 unspecified atom stereocenters. The molecule has 6 heteroatoms. The normalized spacial score (nSPS) is 19.4. The Hall–Kier alpha value is -0.910. The third-order valence-corrected chi connectivity index (χ3v) is 4.49. The Balaban J connectivity index is 1.89. The van der Waals surface area contributed by atoms with E-state index in [-0.39, 0.29) is 12.0 Å². The van der Waals surface area contributed by atoms with Crippen LogP contribution >= 0.6 is 11.6 Å². The Morgan fingerprint density at radius 3 is 3.00 bits per heavy atom. The Kier molecular flexibility index (Phi) is 6.21. The summed E-state index contributed by atoms with van der Waals surface area (Å²) in [5.74, 6) is 0.356. The van der Waals surface area contributed by atoms with E-state index in [9.17, 15) is 9.00 Å². The third kappa shape index (κ3) is 5.41. The number of ether oxygens (including phenoxy) is 1. The maximum Gasteiger partial charge on any atom is 0.224 e. The van der Waals surface area contributed by atoms with Crippen LogP contribution < -0.4 is 5.32 Å². The smallest absolute Gasteiger partial charge is 0.224 e. The second-order valence-electron chi connectivity index (χ2n) is 5.25. The van der Waals surface area contributed by atoms with Crippen LogP contribution in [0.3, 0.4) is 0 Å². The number of hydrogen-bond donors (Lipinski definition) is 1. The molecule has 0 aliphatic carbocycles. The molecule has 0 bridgehead atoms. The van der Waals surface area contributed by atoms with Crippen molar-refractivity contribution in [1.29, 1.82) is 0 Å². The first-order valence-corrected chi connectivity index (χ1v) is 9.15. The van der Waals surface area contributed by atoms with Gasteiger partial charge in [0.1, 0.15) is 0 Å². The van der Waals surface area contributed by atoms with E-state index >= 15 is 0 Å². The molecule has 0 spiro atoms. The first kappa shape index (κ1) is 16.5. The predicted molar refractivity (Wildman–Crippen MR) is 86.1 cm³/mol. The second kappa shape index (κ2) is 7.92. The molecule has 1 aromatic carbocycles. The quantitative estimate of drug-likeness (QED) is 0.872. The standard InChI is InChI=1S/C15H20ClNO3S/c1-21(19)10-11-9-12(4-6-14(11)16)17-15(18)7-5-13-3-2-8-20-13/h4,6,9,13H,2-3,5,7-8,10H2,1H3,(H,17,18)/t13-,21-/m1/s1. The van der Waals surface area contributed by atoms with E-state index < -0.39 is 10.8 Å². The fourth-order valence-corrected chi connectivity index (χ4v) is 3.31. The van der Waals surface area contributed by atoms with E-state index in [1.165, 1.54) is 0 Å². The lowest BCUT2D eigenvalue weighted by Gasteiger charge is -2.11. The van der Waals surface area contributed by atoms with Gasteiger partial charge in [0.2, 0.25) is 5.91 Å². The van der Waals surface area contributed by atoms with Crippen LogP contribution in [0.5, 0.6) is 0 Å². The first-order valence-electron chi connectivity index (χ1n) is 7.04. The molecule has 1 saturated heterocycles. The molecule has 1 aliphatic heterocycles. The minimum Gasteiger partial charge on any atom is -0.378 e. The van der Waals surface area contributed by atoms with Crippen molar-refractivity contribution < 1.29 is 13.7 Å². The van der Waals surface area contributed by atoms with Crippen LogP contribution in [0.15, 0.2) is 18.2 Å². The molecule has 1 fully saturated rings. The zero-order chi connectivity index (χ0) is 15.2. The monoisotopic (exact) mass is 329 g/mol. The maximum atomic E-state index is 11.9. The summed E-state index contributed by atoms with van der Waals surface area (Å²) in [6.45, 7) is 0.807. The summed E-state index contributed by atoms with van der Waals surface area (Å²) in [6, 6.07) is 5.27. The van der Waals surface area contributed by atoms with Crippen LogP contribution in [0.25, 0.3) is 0 Å². The zero-order valence-electron chi connectivity index (χ0n) is 12.1.